The largest absolute Gasteiger partial charge is 0.497 e. The second kappa shape index (κ2) is 10.1. The molecular weight excluding hydrogens is 364 g/mol. The average molecular weight is 388 g/mol. The number of ether oxygens (including phenoxy) is 3. The van der Waals surface area contributed by atoms with E-state index >= 15 is 0 Å². The monoisotopic (exact) mass is 388 g/mol. The molecule has 29 heavy (non-hydrogen) atoms. The molecular formula is C25H24O4. The highest BCUT2D eigenvalue weighted by molar-refractivity contribution is 6.21. The molecule has 0 aliphatic carbocycles. The van der Waals surface area contributed by atoms with Gasteiger partial charge in [-0.15, -0.1) is 0 Å². The van der Waals surface area contributed by atoms with Crippen LogP contribution in [0.3, 0.4) is 0 Å². The predicted molar refractivity (Wildman–Crippen MR) is 115 cm³/mol. The molecule has 4 nitrogen and oxygen atoms in total. The van der Waals surface area contributed by atoms with Crippen molar-refractivity contribution in [3.8, 4) is 11.5 Å². The van der Waals surface area contributed by atoms with Crippen molar-refractivity contribution in [1.82, 2.24) is 0 Å². The molecule has 0 saturated carbocycles. The normalized spacial score (nSPS) is 11.0. The number of hydrogen-bond acceptors (Lipinski definition) is 4. The van der Waals surface area contributed by atoms with Gasteiger partial charge in [0.2, 0.25) is 0 Å². The van der Waals surface area contributed by atoms with Crippen LogP contribution in [-0.4, -0.2) is 26.8 Å². The highest BCUT2D eigenvalue weighted by atomic mass is 16.5. The SMILES string of the molecule is COc1ccc(CCOC(=O)/C(=C/c2ccccc2OC)c2ccccc2)cc1. The standard InChI is InChI=1S/C25H24O4/c1-27-22-14-12-19(13-15-22)16-17-29-25(26)23(20-8-4-3-5-9-20)18-21-10-6-7-11-24(21)28-2/h3-15,18H,16-17H2,1-2H3/b23-18+. The van der Waals surface area contributed by atoms with E-state index in [0.29, 0.717) is 24.4 Å². The van der Waals surface area contributed by atoms with Gasteiger partial charge in [-0.05, 0) is 35.4 Å². The molecule has 0 bridgehead atoms. The first-order valence-corrected chi connectivity index (χ1v) is 9.41. The lowest BCUT2D eigenvalue weighted by molar-refractivity contribution is -0.136. The summed E-state index contributed by atoms with van der Waals surface area (Å²) in [6.45, 7) is 0.293. The van der Waals surface area contributed by atoms with E-state index in [1.54, 1.807) is 14.2 Å². The summed E-state index contributed by atoms with van der Waals surface area (Å²) in [6.07, 6.45) is 2.44. The van der Waals surface area contributed by atoms with E-state index in [-0.39, 0.29) is 5.97 Å². The quantitative estimate of drug-likeness (QED) is 0.308. The van der Waals surface area contributed by atoms with Crippen molar-refractivity contribution >= 4 is 17.6 Å². The lowest BCUT2D eigenvalue weighted by Crippen LogP contribution is -2.10. The Bertz CT molecular complexity index is 960. The van der Waals surface area contributed by atoms with E-state index < -0.39 is 0 Å². The Morgan fingerprint density at radius 1 is 0.828 bits per heavy atom. The van der Waals surface area contributed by atoms with Crippen LogP contribution in [0.15, 0.2) is 78.9 Å². The number of benzene rings is 3. The second-order valence-corrected chi connectivity index (χ2v) is 6.40. The maximum Gasteiger partial charge on any atom is 0.338 e. The number of para-hydroxylation sites is 1. The van der Waals surface area contributed by atoms with Gasteiger partial charge in [0.1, 0.15) is 11.5 Å². The predicted octanol–water partition coefficient (Wildman–Crippen LogP) is 5.03. The molecule has 0 fully saturated rings. The van der Waals surface area contributed by atoms with Crippen LogP contribution in [0, 0.1) is 0 Å². The van der Waals surface area contributed by atoms with Gasteiger partial charge < -0.3 is 14.2 Å². The maximum atomic E-state index is 12.9. The topological polar surface area (TPSA) is 44.8 Å². The van der Waals surface area contributed by atoms with Crippen LogP contribution in [0.2, 0.25) is 0 Å². The van der Waals surface area contributed by atoms with Gasteiger partial charge in [-0.25, -0.2) is 4.79 Å². The van der Waals surface area contributed by atoms with E-state index in [2.05, 4.69) is 0 Å². The number of esters is 1. The molecule has 3 rings (SSSR count). The van der Waals surface area contributed by atoms with Gasteiger partial charge in [0, 0.05) is 12.0 Å². The van der Waals surface area contributed by atoms with Crippen molar-refractivity contribution in [2.75, 3.05) is 20.8 Å². The molecule has 148 valence electrons. The highest BCUT2D eigenvalue weighted by Gasteiger charge is 2.15. The molecule has 4 heteroatoms. The van der Waals surface area contributed by atoms with Crippen molar-refractivity contribution < 1.29 is 19.0 Å². The van der Waals surface area contributed by atoms with Gasteiger partial charge in [0.15, 0.2) is 0 Å². The van der Waals surface area contributed by atoms with Crippen molar-refractivity contribution in [3.63, 3.8) is 0 Å². The molecule has 0 spiro atoms. The van der Waals surface area contributed by atoms with Crippen LogP contribution in [0.25, 0.3) is 11.6 Å². The summed E-state index contributed by atoms with van der Waals surface area (Å²) in [7, 11) is 3.25. The first-order chi connectivity index (χ1) is 14.2. The van der Waals surface area contributed by atoms with Gasteiger partial charge >= 0.3 is 5.97 Å². The van der Waals surface area contributed by atoms with Gasteiger partial charge in [0.05, 0.1) is 26.4 Å². The van der Waals surface area contributed by atoms with E-state index in [1.165, 1.54) is 0 Å². The molecule has 0 N–H and O–H groups in total. The number of carbonyl (C=O) groups is 1. The molecule has 3 aromatic carbocycles. The van der Waals surface area contributed by atoms with E-state index in [9.17, 15) is 4.79 Å². The third-order valence-corrected chi connectivity index (χ3v) is 4.53. The summed E-state index contributed by atoms with van der Waals surface area (Å²) >= 11 is 0. The summed E-state index contributed by atoms with van der Waals surface area (Å²) in [5.74, 6) is 1.14. The van der Waals surface area contributed by atoms with E-state index in [4.69, 9.17) is 14.2 Å². The highest BCUT2D eigenvalue weighted by Crippen LogP contribution is 2.25. The number of methoxy groups -OCH3 is 2. The molecule has 0 aliphatic rings. The molecule has 3 aromatic rings. The van der Waals surface area contributed by atoms with Gasteiger partial charge in [-0.2, -0.15) is 0 Å². The Balaban J connectivity index is 1.77. The van der Waals surface area contributed by atoms with Gasteiger partial charge in [0.25, 0.3) is 0 Å². The summed E-state index contributed by atoms with van der Waals surface area (Å²) in [5, 5.41) is 0. The van der Waals surface area contributed by atoms with Crippen LogP contribution in [-0.2, 0) is 16.0 Å². The molecule has 0 aliphatic heterocycles. The van der Waals surface area contributed by atoms with Crippen LogP contribution in [0.4, 0.5) is 0 Å². The van der Waals surface area contributed by atoms with Crippen molar-refractivity contribution in [2.45, 2.75) is 6.42 Å². The van der Waals surface area contributed by atoms with E-state index in [0.717, 1.165) is 22.4 Å². The van der Waals surface area contributed by atoms with Gasteiger partial charge in [-0.3, -0.25) is 0 Å². The summed E-state index contributed by atoms with van der Waals surface area (Å²) in [4.78, 5) is 12.9. The van der Waals surface area contributed by atoms with Crippen LogP contribution < -0.4 is 9.47 Å². The van der Waals surface area contributed by atoms with Crippen molar-refractivity contribution in [3.05, 3.63) is 95.6 Å². The smallest absolute Gasteiger partial charge is 0.338 e. The maximum absolute atomic E-state index is 12.9. The average Bonchev–Trinajstić information content (AvgIpc) is 2.78. The fraction of sp³-hybridized carbons (Fsp3) is 0.160. The first kappa shape index (κ1) is 20.2. The molecule has 0 unspecified atom stereocenters. The Hall–Kier alpha value is -3.53. The van der Waals surface area contributed by atoms with Gasteiger partial charge in [-0.1, -0.05) is 60.7 Å². The minimum atomic E-state index is -0.365. The Kier molecular flexibility index (Phi) is 7.06. The fourth-order valence-corrected chi connectivity index (χ4v) is 2.95. The second-order valence-electron chi connectivity index (χ2n) is 6.40. The molecule has 0 heterocycles. The Morgan fingerprint density at radius 3 is 2.21 bits per heavy atom. The number of rotatable bonds is 8. The van der Waals surface area contributed by atoms with E-state index in [1.807, 2.05) is 84.9 Å². The van der Waals surface area contributed by atoms with Crippen molar-refractivity contribution in [1.29, 1.82) is 0 Å². The number of carbonyl (C=O) groups excluding carboxylic acids is 1. The molecule has 0 saturated heterocycles. The number of hydrogen-bond donors (Lipinski definition) is 0. The first-order valence-electron chi connectivity index (χ1n) is 9.41. The van der Waals surface area contributed by atoms with Crippen LogP contribution in [0.5, 0.6) is 11.5 Å². The summed E-state index contributed by atoms with van der Waals surface area (Å²) in [6, 6.07) is 24.8. The third-order valence-electron chi connectivity index (χ3n) is 4.53. The molecule has 0 atom stereocenters. The minimum absolute atomic E-state index is 0.293. The summed E-state index contributed by atoms with van der Waals surface area (Å²) < 4.78 is 16.2. The molecule has 0 aromatic heterocycles. The third kappa shape index (κ3) is 5.48. The lowest BCUT2D eigenvalue weighted by Gasteiger charge is -2.11. The zero-order chi connectivity index (χ0) is 20.5. The van der Waals surface area contributed by atoms with Crippen LogP contribution in [0.1, 0.15) is 16.7 Å². The Morgan fingerprint density at radius 2 is 1.52 bits per heavy atom. The summed E-state index contributed by atoms with van der Waals surface area (Å²) in [5.41, 5.74) is 3.19. The van der Waals surface area contributed by atoms with Crippen LogP contribution >= 0.6 is 0 Å². The lowest BCUT2D eigenvalue weighted by atomic mass is 10.0. The Labute approximate surface area is 171 Å². The fourth-order valence-electron chi connectivity index (χ4n) is 2.95. The molecule has 0 radical (unpaired) electrons. The minimum Gasteiger partial charge on any atom is -0.497 e. The molecule has 0 amide bonds. The zero-order valence-electron chi connectivity index (χ0n) is 16.6. The van der Waals surface area contributed by atoms with Crippen molar-refractivity contribution in [2.24, 2.45) is 0 Å². The zero-order valence-corrected chi connectivity index (χ0v) is 16.6.